The van der Waals surface area contributed by atoms with E-state index in [-0.39, 0.29) is 23.8 Å². The molecule has 1 aliphatic rings. The lowest BCUT2D eigenvalue weighted by Gasteiger charge is -2.38. The molecule has 1 amide bonds. The third kappa shape index (κ3) is 5.37. The van der Waals surface area contributed by atoms with Gasteiger partial charge < -0.3 is 10.0 Å². The zero-order chi connectivity index (χ0) is 15.9. The van der Waals surface area contributed by atoms with Crippen LogP contribution in [0.15, 0.2) is 0 Å². The molecular formula is C16H26N2O3. The number of carboxylic acids is 1. The van der Waals surface area contributed by atoms with E-state index in [9.17, 15) is 9.59 Å². The number of amides is 1. The van der Waals surface area contributed by atoms with E-state index in [2.05, 4.69) is 6.07 Å². The molecule has 0 aromatic rings. The summed E-state index contributed by atoms with van der Waals surface area (Å²) < 4.78 is 0. The highest BCUT2D eigenvalue weighted by Gasteiger charge is 2.37. The van der Waals surface area contributed by atoms with Gasteiger partial charge in [-0.1, -0.05) is 19.3 Å². The van der Waals surface area contributed by atoms with Crippen LogP contribution in [0.4, 0.5) is 0 Å². The van der Waals surface area contributed by atoms with Crippen LogP contribution in [0.2, 0.25) is 0 Å². The van der Waals surface area contributed by atoms with Crippen molar-refractivity contribution in [1.29, 1.82) is 5.26 Å². The lowest BCUT2D eigenvalue weighted by molar-refractivity contribution is -0.143. The van der Waals surface area contributed by atoms with Gasteiger partial charge in [-0.15, -0.1) is 0 Å². The minimum absolute atomic E-state index is 0.0107. The van der Waals surface area contributed by atoms with Crippen molar-refractivity contribution in [2.75, 3.05) is 6.54 Å². The second-order valence-corrected chi connectivity index (χ2v) is 6.40. The van der Waals surface area contributed by atoms with E-state index in [1.54, 1.807) is 4.90 Å². The van der Waals surface area contributed by atoms with E-state index in [0.29, 0.717) is 19.4 Å². The summed E-state index contributed by atoms with van der Waals surface area (Å²) in [6.07, 6.45) is 5.44. The highest BCUT2D eigenvalue weighted by molar-refractivity contribution is 5.78. The van der Waals surface area contributed by atoms with E-state index in [1.165, 1.54) is 0 Å². The SMILES string of the molecule is CC(C)N(CCC#N)C(=O)CC1(CC(=O)O)CCCCC1. The van der Waals surface area contributed by atoms with Gasteiger partial charge in [0.25, 0.3) is 0 Å². The first kappa shape index (κ1) is 17.5. The molecule has 0 unspecified atom stereocenters. The number of rotatable bonds is 7. The fraction of sp³-hybridized carbons (Fsp3) is 0.812. The van der Waals surface area contributed by atoms with Crippen molar-refractivity contribution in [1.82, 2.24) is 4.90 Å². The molecule has 0 aromatic carbocycles. The molecule has 0 bridgehead atoms. The molecule has 0 aromatic heterocycles. The highest BCUT2D eigenvalue weighted by atomic mass is 16.4. The van der Waals surface area contributed by atoms with E-state index < -0.39 is 5.97 Å². The van der Waals surface area contributed by atoms with Crippen LogP contribution in [-0.2, 0) is 9.59 Å². The van der Waals surface area contributed by atoms with Crippen LogP contribution < -0.4 is 0 Å². The van der Waals surface area contributed by atoms with Gasteiger partial charge in [0.2, 0.25) is 5.91 Å². The zero-order valence-corrected chi connectivity index (χ0v) is 13.1. The fourth-order valence-electron chi connectivity index (χ4n) is 3.30. The molecule has 5 heteroatoms. The second-order valence-electron chi connectivity index (χ2n) is 6.40. The Bertz CT molecular complexity index is 406. The molecule has 21 heavy (non-hydrogen) atoms. The first-order valence-electron chi connectivity index (χ1n) is 7.78. The van der Waals surface area contributed by atoms with E-state index >= 15 is 0 Å². The van der Waals surface area contributed by atoms with Crippen molar-refractivity contribution < 1.29 is 14.7 Å². The second kappa shape index (κ2) is 8.02. The molecule has 0 heterocycles. The molecule has 0 atom stereocenters. The van der Waals surface area contributed by atoms with Gasteiger partial charge in [-0.05, 0) is 32.1 Å². The van der Waals surface area contributed by atoms with Crippen LogP contribution >= 0.6 is 0 Å². The zero-order valence-electron chi connectivity index (χ0n) is 13.1. The van der Waals surface area contributed by atoms with Crippen LogP contribution in [0.1, 0.15) is 65.2 Å². The Kier molecular flexibility index (Phi) is 6.67. The maximum atomic E-state index is 12.6. The van der Waals surface area contributed by atoms with Gasteiger partial charge in [-0.2, -0.15) is 5.26 Å². The Balaban J connectivity index is 2.78. The van der Waals surface area contributed by atoms with Crippen LogP contribution in [0.25, 0.3) is 0 Å². The van der Waals surface area contributed by atoms with Crippen molar-refractivity contribution >= 4 is 11.9 Å². The molecule has 1 saturated carbocycles. The Morgan fingerprint density at radius 2 is 1.86 bits per heavy atom. The molecule has 0 spiro atoms. The molecule has 5 nitrogen and oxygen atoms in total. The largest absolute Gasteiger partial charge is 0.481 e. The van der Waals surface area contributed by atoms with E-state index in [1.807, 2.05) is 13.8 Å². The summed E-state index contributed by atoms with van der Waals surface area (Å²) in [6, 6.07) is 2.10. The van der Waals surface area contributed by atoms with E-state index in [0.717, 1.165) is 32.1 Å². The molecule has 0 saturated heterocycles. The number of hydrogen-bond donors (Lipinski definition) is 1. The highest BCUT2D eigenvalue weighted by Crippen LogP contribution is 2.42. The Morgan fingerprint density at radius 3 is 2.33 bits per heavy atom. The van der Waals surface area contributed by atoms with E-state index in [4.69, 9.17) is 10.4 Å². The summed E-state index contributed by atoms with van der Waals surface area (Å²) in [5.74, 6) is -0.832. The Morgan fingerprint density at radius 1 is 1.24 bits per heavy atom. The Labute approximate surface area is 126 Å². The van der Waals surface area contributed by atoms with Gasteiger partial charge in [0.1, 0.15) is 0 Å². The minimum Gasteiger partial charge on any atom is -0.481 e. The van der Waals surface area contributed by atoms with Crippen LogP contribution in [0, 0.1) is 16.7 Å². The molecule has 1 rings (SSSR count). The van der Waals surface area contributed by atoms with Gasteiger partial charge in [0, 0.05) is 19.0 Å². The third-order valence-electron chi connectivity index (χ3n) is 4.37. The molecule has 1 aliphatic carbocycles. The van der Waals surface area contributed by atoms with Gasteiger partial charge in [0.15, 0.2) is 0 Å². The first-order chi connectivity index (χ1) is 9.90. The molecule has 118 valence electrons. The van der Waals surface area contributed by atoms with Crippen molar-refractivity contribution in [2.24, 2.45) is 5.41 Å². The van der Waals surface area contributed by atoms with Crippen molar-refractivity contribution in [3.05, 3.63) is 0 Å². The van der Waals surface area contributed by atoms with Gasteiger partial charge in [0.05, 0.1) is 18.9 Å². The number of carbonyl (C=O) groups excluding carboxylic acids is 1. The average molecular weight is 294 g/mol. The Hall–Kier alpha value is -1.57. The normalized spacial score (nSPS) is 17.2. The molecule has 1 fully saturated rings. The van der Waals surface area contributed by atoms with Crippen molar-refractivity contribution in [2.45, 2.75) is 71.3 Å². The number of carboxylic acid groups (broad SMARTS) is 1. The number of nitrogens with zero attached hydrogens (tertiary/aromatic N) is 2. The summed E-state index contributed by atoms with van der Waals surface area (Å²) in [5, 5.41) is 17.9. The fourth-order valence-corrected chi connectivity index (χ4v) is 3.30. The molecule has 0 aliphatic heterocycles. The van der Waals surface area contributed by atoms with Crippen LogP contribution in [0.5, 0.6) is 0 Å². The summed E-state index contributed by atoms with van der Waals surface area (Å²) in [6.45, 7) is 4.29. The molecular weight excluding hydrogens is 268 g/mol. The summed E-state index contributed by atoms with van der Waals surface area (Å²) in [7, 11) is 0. The summed E-state index contributed by atoms with van der Waals surface area (Å²) >= 11 is 0. The number of aliphatic carboxylic acids is 1. The van der Waals surface area contributed by atoms with Crippen LogP contribution in [-0.4, -0.2) is 34.5 Å². The number of nitriles is 1. The standard InChI is InChI=1S/C16H26N2O3/c1-13(2)18(10-6-9-17)14(19)11-16(12-15(20)21)7-4-3-5-8-16/h13H,3-8,10-12H2,1-2H3,(H,20,21). The average Bonchev–Trinajstić information content (AvgIpc) is 2.38. The van der Waals surface area contributed by atoms with Crippen molar-refractivity contribution in [3.63, 3.8) is 0 Å². The first-order valence-corrected chi connectivity index (χ1v) is 7.78. The smallest absolute Gasteiger partial charge is 0.303 e. The monoisotopic (exact) mass is 294 g/mol. The van der Waals surface area contributed by atoms with Crippen molar-refractivity contribution in [3.8, 4) is 6.07 Å². The summed E-state index contributed by atoms with van der Waals surface area (Å²) in [4.78, 5) is 25.4. The van der Waals surface area contributed by atoms with Crippen LogP contribution in [0.3, 0.4) is 0 Å². The quantitative estimate of drug-likeness (QED) is 0.782. The summed E-state index contributed by atoms with van der Waals surface area (Å²) in [5.41, 5.74) is -0.388. The topological polar surface area (TPSA) is 81.4 Å². The predicted octanol–water partition coefficient (Wildman–Crippen LogP) is 2.95. The maximum Gasteiger partial charge on any atom is 0.303 e. The van der Waals surface area contributed by atoms with Gasteiger partial charge in [-0.3, -0.25) is 9.59 Å². The number of carbonyl (C=O) groups is 2. The number of hydrogen-bond acceptors (Lipinski definition) is 3. The predicted molar refractivity (Wildman–Crippen MR) is 79.5 cm³/mol. The van der Waals surface area contributed by atoms with Gasteiger partial charge >= 0.3 is 5.97 Å². The molecule has 0 radical (unpaired) electrons. The third-order valence-corrected chi connectivity index (χ3v) is 4.37. The lowest BCUT2D eigenvalue weighted by Crippen LogP contribution is -2.41. The minimum atomic E-state index is -0.821. The molecule has 1 N–H and O–H groups in total. The lowest BCUT2D eigenvalue weighted by atomic mass is 9.69. The van der Waals surface area contributed by atoms with Gasteiger partial charge in [-0.25, -0.2) is 0 Å². The maximum absolute atomic E-state index is 12.6.